The lowest BCUT2D eigenvalue weighted by atomic mass is 10.0. The molecule has 0 aromatic heterocycles. The van der Waals surface area contributed by atoms with Gasteiger partial charge >= 0.3 is 0 Å². The number of epoxide rings is 1. The Morgan fingerprint density at radius 2 is 1.92 bits per heavy atom. The molecule has 1 aliphatic heterocycles. The highest BCUT2D eigenvalue weighted by atomic mass is 16.6. The number of hydrogen-bond donors (Lipinski definition) is 1. The fraction of sp³-hybridized carbons (Fsp3) is 1.00. The molecule has 0 amide bonds. The van der Waals surface area contributed by atoms with Crippen molar-refractivity contribution < 1.29 is 9.84 Å². The average molecular weight is 186 g/mol. The van der Waals surface area contributed by atoms with Crippen molar-refractivity contribution in [2.75, 3.05) is 0 Å². The van der Waals surface area contributed by atoms with Crippen LogP contribution in [-0.2, 0) is 4.74 Å². The summed E-state index contributed by atoms with van der Waals surface area (Å²) in [4.78, 5) is 0. The third kappa shape index (κ3) is 3.28. The van der Waals surface area contributed by atoms with Crippen molar-refractivity contribution in [2.45, 2.75) is 70.7 Å². The molecule has 1 saturated heterocycles. The highest BCUT2D eigenvalue weighted by Gasteiger charge is 2.51. The van der Waals surface area contributed by atoms with Crippen LogP contribution in [0.1, 0.15) is 52.9 Å². The van der Waals surface area contributed by atoms with Crippen LogP contribution in [0.25, 0.3) is 0 Å². The summed E-state index contributed by atoms with van der Waals surface area (Å²) in [5.74, 6) is 0. The summed E-state index contributed by atoms with van der Waals surface area (Å²) < 4.78 is 5.37. The zero-order valence-electron chi connectivity index (χ0n) is 9.05. The molecule has 0 unspecified atom stereocenters. The first-order chi connectivity index (χ1) is 6.08. The fourth-order valence-electron chi connectivity index (χ4n) is 1.77. The van der Waals surface area contributed by atoms with Crippen LogP contribution in [0.2, 0.25) is 0 Å². The van der Waals surface area contributed by atoms with Gasteiger partial charge in [-0.25, -0.2) is 0 Å². The van der Waals surface area contributed by atoms with Crippen molar-refractivity contribution in [1.29, 1.82) is 0 Å². The number of ether oxygens (including phenoxy) is 1. The first-order valence-electron chi connectivity index (χ1n) is 5.44. The lowest BCUT2D eigenvalue weighted by Crippen LogP contribution is -2.20. The number of unbranched alkanes of at least 4 members (excludes halogenated alkanes) is 3. The van der Waals surface area contributed by atoms with Crippen LogP contribution in [0.15, 0.2) is 0 Å². The Hall–Kier alpha value is -0.0800. The molecule has 0 radical (unpaired) electrons. The van der Waals surface area contributed by atoms with Gasteiger partial charge in [0.2, 0.25) is 0 Å². The van der Waals surface area contributed by atoms with Gasteiger partial charge in [-0.05, 0) is 20.3 Å². The van der Waals surface area contributed by atoms with E-state index >= 15 is 0 Å². The third-order valence-electron chi connectivity index (χ3n) is 2.76. The van der Waals surface area contributed by atoms with Gasteiger partial charge in [-0.2, -0.15) is 0 Å². The van der Waals surface area contributed by atoms with Crippen LogP contribution in [0.5, 0.6) is 0 Å². The predicted octanol–water partition coefficient (Wildman–Crippen LogP) is 2.50. The van der Waals surface area contributed by atoms with Gasteiger partial charge in [0.1, 0.15) is 6.10 Å². The molecule has 1 rings (SSSR count). The van der Waals surface area contributed by atoms with Gasteiger partial charge in [-0.3, -0.25) is 0 Å². The molecule has 1 fully saturated rings. The maximum Gasteiger partial charge on any atom is 0.113 e. The van der Waals surface area contributed by atoms with E-state index in [-0.39, 0.29) is 17.8 Å². The molecule has 0 aromatic rings. The molecule has 0 bridgehead atoms. The second-order valence-corrected chi connectivity index (χ2v) is 4.56. The smallest absolute Gasteiger partial charge is 0.113 e. The Kier molecular flexibility index (Phi) is 3.74. The van der Waals surface area contributed by atoms with Gasteiger partial charge in [-0.1, -0.05) is 32.6 Å². The lowest BCUT2D eigenvalue weighted by Gasteiger charge is -2.07. The van der Waals surface area contributed by atoms with Crippen LogP contribution in [0, 0.1) is 0 Å². The standard InChI is InChI=1S/C11H22O2/c1-4-5-6-7-8-9(12)10-11(2,3)13-10/h9-10,12H,4-8H2,1-3H3/t9-,10-/m0/s1. The van der Waals surface area contributed by atoms with Gasteiger partial charge in [0.05, 0.1) is 11.7 Å². The van der Waals surface area contributed by atoms with Crippen LogP contribution in [0.3, 0.4) is 0 Å². The Balaban J connectivity index is 2.03. The van der Waals surface area contributed by atoms with E-state index in [2.05, 4.69) is 6.92 Å². The van der Waals surface area contributed by atoms with Crippen molar-refractivity contribution in [2.24, 2.45) is 0 Å². The van der Waals surface area contributed by atoms with Crippen molar-refractivity contribution in [3.63, 3.8) is 0 Å². The van der Waals surface area contributed by atoms with E-state index in [0.29, 0.717) is 0 Å². The minimum Gasteiger partial charge on any atom is -0.390 e. The van der Waals surface area contributed by atoms with Crippen LogP contribution in [-0.4, -0.2) is 22.9 Å². The number of rotatable bonds is 6. The van der Waals surface area contributed by atoms with Gasteiger partial charge in [0.25, 0.3) is 0 Å². The van der Waals surface area contributed by atoms with E-state index < -0.39 is 0 Å². The second-order valence-electron chi connectivity index (χ2n) is 4.56. The first kappa shape index (κ1) is 11.0. The summed E-state index contributed by atoms with van der Waals surface area (Å²) >= 11 is 0. The van der Waals surface area contributed by atoms with E-state index in [0.717, 1.165) is 12.8 Å². The largest absolute Gasteiger partial charge is 0.390 e. The van der Waals surface area contributed by atoms with Gasteiger partial charge < -0.3 is 9.84 Å². The van der Waals surface area contributed by atoms with Gasteiger partial charge in [0.15, 0.2) is 0 Å². The van der Waals surface area contributed by atoms with Crippen molar-refractivity contribution in [1.82, 2.24) is 0 Å². The molecule has 13 heavy (non-hydrogen) atoms. The molecular formula is C11H22O2. The molecule has 0 aromatic carbocycles. The SMILES string of the molecule is CCCCCC[C@H](O)[C@@H]1OC1(C)C. The number of hydrogen-bond acceptors (Lipinski definition) is 2. The van der Waals surface area contributed by atoms with E-state index in [4.69, 9.17) is 4.74 Å². The lowest BCUT2D eigenvalue weighted by molar-refractivity contribution is 0.123. The minimum absolute atomic E-state index is 0.0653. The molecule has 1 aliphatic rings. The Bertz CT molecular complexity index is 154. The third-order valence-corrected chi connectivity index (χ3v) is 2.76. The fourth-order valence-corrected chi connectivity index (χ4v) is 1.77. The second kappa shape index (κ2) is 4.43. The number of aliphatic hydroxyl groups excluding tert-OH is 1. The van der Waals surface area contributed by atoms with E-state index in [9.17, 15) is 5.11 Å². The molecule has 78 valence electrons. The van der Waals surface area contributed by atoms with Gasteiger partial charge in [0, 0.05) is 0 Å². The molecule has 2 heteroatoms. The summed E-state index contributed by atoms with van der Waals surface area (Å²) in [5.41, 5.74) is -0.0653. The Labute approximate surface area is 81.3 Å². The van der Waals surface area contributed by atoms with Crippen molar-refractivity contribution >= 4 is 0 Å². The normalized spacial score (nSPS) is 27.2. The maximum absolute atomic E-state index is 9.70. The van der Waals surface area contributed by atoms with Crippen molar-refractivity contribution in [3.8, 4) is 0 Å². The zero-order chi connectivity index (χ0) is 9.90. The zero-order valence-corrected chi connectivity index (χ0v) is 9.05. The molecular weight excluding hydrogens is 164 g/mol. The molecule has 0 spiro atoms. The van der Waals surface area contributed by atoms with Crippen LogP contribution in [0.4, 0.5) is 0 Å². The topological polar surface area (TPSA) is 32.8 Å². The minimum atomic E-state index is -0.244. The van der Waals surface area contributed by atoms with Crippen LogP contribution >= 0.6 is 0 Å². The molecule has 0 aliphatic carbocycles. The van der Waals surface area contributed by atoms with E-state index in [1.54, 1.807) is 0 Å². The van der Waals surface area contributed by atoms with E-state index in [1.165, 1.54) is 19.3 Å². The highest BCUT2D eigenvalue weighted by Crippen LogP contribution is 2.38. The summed E-state index contributed by atoms with van der Waals surface area (Å²) in [7, 11) is 0. The van der Waals surface area contributed by atoms with Crippen molar-refractivity contribution in [3.05, 3.63) is 0 Å². The Morgan fingerprint density at radius 3 is 2.38 bits per heavy atom. The monoisotopic (exact) mass is 186 g/mol. The quantitative estimate of drug-likeness (QED) is 0.510. The van der Waals surface area contributed by atoms with Crippen LogP contribution < -0.4 is 0 Å². The summed E-state index contributed by atoms with van der Waals surface area (Å²) in [5, 5.41) is 9.70. The predicted molar refractivity (Wildman–Crippen MR) is 53.7 cm³/mol. The number of aliphatic hydroxyl groups is 1. The van der Waals surface area contributed by atoms with E-state index in [1.807, 2.05) is 13.8 Å². The molecule has 2 atom stereocenters. The summed E-state index contributed by atoms with van der Waals surface area (Å²) in [6, 6.07) is 0. The highest BCUT2D eigenvalue weighted by molar-refractivity contribution is 4.99. The van der Waals surface area contributed by atoms with Gasteiger partial charge in [-0.15, -0.1) is 0 Å². The molecule has 2 nitrogen and oxygen atoms in total. The Morgan fingerprint density at radius 1 is 1.31 bits per heavy atom. The summed E-state index contributed by atoms with van der Waals surface area (Å²) in [6.07, 6.45) is 5.64. The molecule has 0 saturated carbocycles. The summed E-state index contributed by atoms with van der Waals surface area (Å²) in [6.45, 7) is 6.27. The molecule has 1 N–H and O–H groups in total. The first-order valence-corrected chi connectivity index (χ1v) is 5.44. The average Bonchev–Trinajstić information content (AvgIpc) is 2.69. The molecule has 1 heterocycles. The maximum atomic E-state index is 9.70.